The topological polar surface area (TPSA) is 49.6 Å². The maximum atomic E-state index is 8.99. The number of hydrogen-bond donors (Lipinski definition) is 1. The molecular weight excluding hydrogens is 187 g/mol. The van der Waals surface area contributed by atoms with Crippen LogP contribution in [-0.2, 0) is 0 Å². The fraction of sp³-hybridized carbons (Fsp3) is 0.182. The molecule has 2 N–H and O–H groups in total. The molecule has 0 bridgehead atoms. The van der Waals surface area contributed by atoms with Crippen molar-refractivity contribution in [3.05, 3.63) is 35.9 Å². The summed E-state index contributed by atoms with van der Waals surface area (Å²) in [5, 5.41) is 11.1. The summed E-state index contributed by atoms with van der Waals surface area (Å²) in [6, 6.07) is 7.90. The predicted molar refractivity (Wildman–Crippen MR) is 60.5 cm³/mol. The fourth-order valence-electron chi connectivity index (χ4n) is 2.00. The van der Waals surface area contributed by atoms with Crippen molar-refractivity contribution in [2.75, 3.05) is 13.7 Å². The van der Waals surface area contributed by atoms with E-state index < -0.39 is 6.85 Å². The molecule has 0 radical (unpaired) electrons. The van der Waals surface area contributed by atoms with E-state index in [4.69, 9.17) is 10.00 Å². The van der Waals surface area contributed by atoms with Crippen molar-refractivity contribution in [3.8, 4) is 11.7 Å². The van der Waals surface area contributed by atoms with Gasteiger partial charge >= 0.3 is 6.85 Å². The molecule has 0 amide bonds. The Labute approximate surface area is 89.5 Å². The molecule has 0 aromatic heterocycles. The molecule has 0 saturated heterocycles. The normalized spacial score (nSPS) is 19.5. The van der Waals surface area contributed by atoms with Crippen LogP contribution >= 0.6 is 0 Å². The fourth-order valence-corrected chi connectivity index (χ4v) is 2.00. The first-order valence-electron chi connectivity index (χ1n) is 5.13. The highest BCUT2D eigenvalue weighted by Crippen LogP contribution is 2.19. The second-order valence-corrected chi connectivity index (χ2v) is 3.73. The van der Waals surface area contributed by atoms with Crippen LogP contribution in [0.3, 0.4) is 0 Å². The van der Waals surface area contributed by atoms with E-state index >= 15 is 0 Å². The van der Waals surface area contributed by atoms with Crippen molar-refractivity contribution in [1.29, 1.82) is 5.26 Å². The molecule has 15 heavy (non-hydrogen) atoms. The van der Waals surface area contributed by atoms with Gasteiger partial charge in [0.15, 0.2) is 0 Å². The number of quaternary nitrogens is 1. The highest BCUT2D eigenvalue weighted by molar-refractivity contribution is 6.78. The molecule has 1 atom stereocenters. The SMILES string of the molecule is COc1ccc(C2=CC[NH2+][BH-]2C#N)cc1. The van der Waals surface area contributed by atoms with E-state index in [-0.39, 0.29) is 0 Å². The maximum Gasteiger partial charge on any atom is 0.319 e. The summed E-state index contributed by atoms with van der Waals surface area (Å²) in [6.45, 7) is 0.0474. The van der Waals surface area contributed by atoms with E-state index in [2.05, 4.69) is 17.3 Å². The van der Waals surface area contributed by atoms with Gasteiger partial charge in [0.2, 0.25) is 0 Å². The lowest BCUT2D eigenvalue weighted by Crippen LogP contribution is -2.90. The lowest BCUT2D eigenvalue weighted by molar-refractivity contribution is -0.501. The molecule has 2 rings (SSSR count). The van der Waals surface area contributed by atoms with Crippen molar-refractivity contribution < 1.29 is 9.96 Å². The van der Waals surface area contributed by atoms with Gasteiger partial charge in [-0.25, -0.2) is 5.26 Å². The second kappa shape index (κ2) is 4.20. The number of ether oxygens (including phenoxy) is 1. The monoisotopic (exact) mass is 200 g/mol. The Hall–Kier alpha value is -1.73. The summed E-state index contributed by atoms with van der Waals surface area (Å²) in [4.78, 5) is 0. The number of nitrogens with two attached hydrogens (primary N) is 1. The van der Waals surface area contributed by atoms with E-state index in [9.17, 15) is 0 Å². The van der Waals surface area contributed by atoms with Crippen LogP contribution < -0.4 is 9.96 Å². The molecule has 76 valence electrons. The Morgan fingerprint density at radius 2 is 2.13 bits per heavy atom. The van der Waals surface area contributed by atoms with Gasteiger partial charge in [-0.2, -0.15) is 0 Å². The van der Waals surface area contributed by atoms with Gasteiger partial charge in [-0.3, -0.25) is 0 Å². The first-order chi connectivity index (χ1) is 7.35. The lowest BCUT2D eigenvalue weighted by Gasteiger charge is -2.10. The molecule has 0 fully saturated rings. The third-order valence-electron chi connectivity index (χ3n) is 2.86. The molecule has 0 saturated carbocycles. The van der Waals surface area contributed by atoms with Crippen molar-refractivity contribution >= 4 is 12.3 Å². The summed E-state index contributed by atoms with van der Waals surface area (Å²) in [5.41, 5.74) is 2.34. The van der Waals surface area contributed by atoms with Crippen LogP contribution in [0, 0.1) is 11.2 Å². The standard InChI is InChI=1S/C11H13BN2O/c1-15-10-4-2-9(3-5-10)11-6-7-14-12(11)8-13/h2-6,12H,7,14H2,1H3. The molecule has 4 heteroatoms. The molecule has 0 aliphatic carbocycles. The minimum atomic E-state index is -0.878. The van der Waals surface area contributed by atoms with Gasteiger partial charge in [0.1, 0.15) is 5.75 Å². The molecule has 1 heterocycles. The predicted octanol–water partition coefficient (Wildman–Crippen LogP) is -0.0186. The van der Waals surface area contributed by atoms with Gasteiger partial charge in [0.25, 0.3) is 0 Å². The third kappa shape index (κ3) is 1.88. The van der Waals surface area contributed by atoms with Gasteiger partial charge in [0, 0.05) is 0 Å². The third-order valence-corrected chi connectivity index (χ3v) is 2.86. The Morgan fingerprint density at radius 1 is 1.40 bits per heavy atom. The van der Waals surface area contributed by atoms with Gasteiger partial charge < -0.3 is 9.96 Å². The largest absolute Gasteiger partial charge is 0.520 e. The van der Waals surface area contributed by atoms with E-state index in [1.807, 2.05) is 24.3 Å². The molecule has 3 nitrogen and oxygen atoms in total. The minimum absolute atomic E-state index is 0.852. The van der Waals surface area contributed by atoms with Crippen molar-refractivity contribution in [1.82, 2.24) is 0 Å². The average Bonchev–Trinajstić information content (AvgIpc) is 2.77. The van der Waals surface area contributed by atoms with Crippen LogP contribution in [-0.4, -0.2) is 20.5 Å². The summed E-state index contributed by atoms with van der Waals surface area (Å²) >= 11 is 0. The summed E-state index contributed by atoms with van der Waals surface area (Å²) < 4.78 is 5.10. The van der Waals surface area contributed by atoms with Gasteiger partial charge in [0.05, 0.1) is 13.7 Å². The average molecular weight is 200 g/mol. The number of benzene rings is 1. The smallest absolute Gasteiger partial charge is 0.319 e. The van der Waals surface area contributed by atoms with Gasteiger partial charge in [-0.05, 0) is 12.1 Å². The van der Waals surface area contributed by atoms with Crippen molar-refractivity contribution in [3.63, 3.8) is 0 Å². The van der Waals surface area contributed by atoms with Gasteiger partial charge in [-0.1, -0.05) is 29.7 Å². The van der Waals surface area contributed by atoms with E-state index in [0.29, 0.717) is 0 Å². The molecule has 1 aliphatic heterocycles. The Bertz CT molecular complexity index is 419. The van der Waals surface area contributed by atoms with Crippen molar-refractivity contribution in [2.45, 2.75) is 0 Å². The Kier molecular flexibility index (Phi) is 2.75. The first kappa shape index (κ1) is 9.82. The van der Waals surface area contributed by atoms with Crippen LogP contribution in [0.2, 0.25) is 0 Å². The number of rotatable bonds is 2. The molecular formula is C11H13BN2O. The van der Waals surface area contributed by atoms with Crippen LogP contribution in [0.15, 0.2) is 30.3 Å². The first-order valence-corrected chi connectivity index (χ1v) is 5.13. The second-order valence-electron chi connectivity index (χ2n) is 3.73. The lowest BCUT2D eigenvalue weighted by atomic mass is 9.57. The Balaban J connectivity index is 2.27. The Morgan fingerprint density at radius 3 is 2.73 bits per heavy atom. The number of hydrogen-bond acceptors (Lipinski definition) is 2. The zero-order valence-electron chi connectivity index (χ0n) is 8.73. The molecule has 1 aromatic rings. The highest BCUT2D eigenvalue weighted by Gasteiger charge is 2.18. The van der Waals surface area contributed by atoms with E-state index in [0.717, 1.165) is 17.9 Å². The molecule has 1 aliphatic rings. The summed E-state index contributed by atoms with van der Waals surface area (Å²) in [7, 11) is 1.65. The highest BCUT2D eigenvalue weighted by atomic mass is 16.5. The molecule has 1 aromatic carbocycles. The van der Waals surface area contributed by atoms with Crippen LogP contribution in [0.25, 0.3) is 5.47 Å². The van der Waals surface area contributed by atoms with Crippen molar-refractivity contribution in [2.24, 2.45) is 0 Å². The quantitative estimate of drug-likeness (QED) is 0.682. The van der Waals surface area contributed by atoms with Crippen LogP contribution in [0.5, 0.6) is 5.75 Å². The molecule has 1 unspecified atom stereocenters. The maximum absolute atomic E-state index is 8.99. The van der Waals surface area contributed by atoms with E-state index in [1.54, 1.807) is 7.11 Å². The zero-order valence-corrected chi connectivity index (χ0v) is 8.73. The summed E-state index contributed by atoms with van der Waals surface area (Å²) in [6.07, 6.45) is 2.14. The van der Waals surface area contributed by atoms with Crippen LogP contribution in [0.4, 0.5) is 0 Å². The minimum Gasteiger partial charge on any atom is -0.520 e. The zero-order chi connectivity index (χ0) is 10.7. The molecule has 0 spiro atoms. The number of nitrogens with zero attached hydrogens (tertiary/aromatic N) is 1. The van der Waals surface area contributed by atoms with E-state index in [1.165, 1.54) is 5.47 Å². The van der Waals surface area contributed by atoms with Gasteiger partial charge in [-0.15, -0.1) is 5.47 Å². The number of nitriles is 1. The summed E-state index contributed by atoms with van der Waals surface area (Å²) in [5.74, 6) is 3.22. The van der Waals surface area contributed by atoms with Crippen LogP contribution in [0.1, 0.15) is 5.56 Å². The number of methoxy groups -OCH3 is 1.